The fraction of sp³-hybridized carbons (Fsp3) is 0.333. The lowest BCUT2D eigenvalue weighted by atomic mass is 10.0. The highest BCUT2D eigenvalue weighted by molar-refractivity contribution is 6.03. The van der Waals surface area contributed by atoms with E-state index in [0.29, 0.717) is 6.42 Å². The van der Waals surface area contributed by atoms with Crippen molar-refractivity contribution in [3.05, 3.63) is 58.7 Å². The molecule has 4 heteroatoms. The van der Waals surface area contributed by atoms with E-state index in [-0.39, 0.29) is 23.7 Å². The summed E-state index contributed by atoms with van der Waals surface area (Å²) in [6.07, 6.45) is 0.605. The number of anilines is 2. The summed E-state index contributed by atoms with van der Waals surface area (Å²) in [7, 11) is 0. The van der Waals surface area contributed by atoms with Crippen molar-refractivity contribution in [3.63, 3.8) is 0 Å². The zero-order valence-electron chi connectivity index (χ0n) is 15.1. The topological polar surface area (TPSA) is 58.2 Å². The van der Waals surface area contributed by atoms with Gasteiger partial charge in [0.2, 0.25) is 11.8 Å². The fourth-order valence-corrected chi connectivity index (χ4v) is 3.33. The first-order chi connectivity index (χ1) is 11.8. The summed E-state index contributed by atoms with van der Waals surface area (Å²) in [4.78, 5) is 24.8. The van der Waals surface area contributed by atoms with Crippen molar-refractivity contribution in [2.45, 2.75) is 34.1 Å². The van der Waals surface area contributed by atoms with Gasteiger partial charge in [0.1, 0.15) is 0 Å². The van der Waals surface area contributed by atoms with Gasteiger partial charge in [-0.1, -0.05) is 29.8 Å². The Balaban J connectivity index is 1.61. The van der Waals surface area contributed by atoms with Gasteiger partial charge in [0.25, 0.3) is 0 Å². The number of rotatable bonds is 4. The molecule has 2 N–H and O–H groups in total. The van der Waals surface area contributed by atoms with E-state index >= 15 is 0 Å². The molecule has 1 aliphatic carbocycles. The highest BCUT2D eigenvalue weighted by atomic mass is 16.2. The molecule has 25 heavy (non-hydrogen) atoms. The van der Waals surface area contributed by atoms with Gasteiger partial charge in [-0.15, -0.1) is 0 Å². The predicted octanol–water partition coefficient (Wildman–Crippen LogP) is 4.13. The number of benzene rings is 2. The van der Waals surface area contributed by atoms with Crippen LogP contribution in [-0.4, -0.2) is 11.8 Å². The number of hydrogen-bond acceptors (Lipinski definition) is 2. The highest BCUT2D eigenvalue weighted by Gasteiger charge is 2.48. The molecule has 0 aromatic heterocycles. The Bertz CT molecular complexity index is 819. The summed E-state index contributed by atoms with van der Waals surface area (Å²) in [6, 6.07) is 11.8. The molecule has 2 aromatic rings. The second kappa shape index (κ2) is 6.71. The molecule has 2 unspecified atom stereocenters. The smallest absolute Gasteiger partial charge is 0.228 e. The minimum Gasteiger partial charge on any atom is -0.326 e. The summed E-state index contributed by atoms with van der Waals surface area (Å²) in [5.74, 6) is -0.640. The van der Waals surface area contributed by atoms with E-state index in [4.69, 9.17) is 0 Å². The Morgan fingerprint density at radius 1 is 0.840 bits per heavy atom. The van der Waals surface area contributed by atoms with E-state index < -0.39 is 0 Å². The molecule has 130 valence electrons. The lowest BCUT2D eigenvalue weighted by Gasteiger charge is -2.13. The standard InChI is InChI=1S/C21H24N2O2/c1-12-6-5-7-16(10-12)22-20(24)17-11-18(17)21(25)23-19-14(3)8-13(2)9-15(19)4/h5-10,17-18H,11H2,1-4H3,(H,22,24)(H,23,25). The van der Waals surface area contributed by atoms with E-state index in [9.17, 15) is 9.59 Å². The number of nitrogens with one attached hydrogen (secondary N) is 2. The van der Waals surface area contributed by atoms with Crippen molar-refractivity contribution in [2.75, 3.05) is 10.6 Å². The lowest BCUT2D eigenvalue weighted by molar-refractivity contribution is -0.122. The van der Waals surface area contributed by atoms with Crippen LogP contribution >= 0.6 is 0 Å². The zero-order chi connectivity index (χ0) is 18.1. The molecule has 0 saturated heterocycles. The van der Waals surface area contributed by atoms with Crippen molar-refractivity contribution in [3.8, 4) is 0 Å². The monoisotopic (exact) mass is 336 g/mol. The molecule has 2 aromatic carbocycles. The Morgan fingerprint density at radius 2 is 1.44 bits per heavy atom. The molecule has 1 saturated carbocycles. The molecule has 0 aliphatic heterocycles. The van der Waals surface area contributed by atoms with Crippen LogP contribution in [0.3, 0.4) is 0 Å². The Hall–Kier alpha value is -2.62. The molecule has 0 radical (unpaired) electrons. The largest absolute Gasteiger partial charge is 0.326 e. The number of hydrogen-bond donors (Lipinski definition) is 2. The third-order valence-electron chi connectivity index (χ3n) is 4.67. The van der Waals surface area contributed by atoms with Gasteiger partial charge in [0, 0.05) is 11.4 Å². The summed E-state index contributed by atoms with van der Waals surface area (Å²) in [5.41, 5.74) is 6.00. The van der Waals surface area contributed by atoms with Crippen LogP contribution in [0.15, 0.2) is 36.4 Å². The maximum atomic E-state index is 12.5. The molecular weight excluding hydrogens is 312 g/mol. The van der Waals surface area contributed by atoms with Crippen LogP contribution in [0.2, 0.25) is 0 Å². The Kier molecular flexibility index (Phi) is 4.62. The molecule has 4 nitrogen and oxygen atoms in total. The van der Waals surface area contributed by atoms with Gasteiger partial charge in [0.05, 0.1) is 11.8 Å². The minimum atomic E-state index is -0.245. The van der Waals surface area contributed by atoms with Crippen molar-refractivity contribution in [1.29, 1.82) is 0 Å². The van der Waals surface area contributed by atoms with Gasteiger partial charge in [0.15, 0.2) is 0 Å². The van der Waals surface area contributed by atoms with Gasteiger partial charge in [-0.2, -0.15) is 0 Å². The molecule has 0 heterocycles. The fourth-order valence-electron chi connectivity index (χ4n) is 3.33. The first kappa shape index (κ1) is 17.2. The molecule has 0 spiro atoms. The van der Waals surface area contributed by atoms with E-state index in [1.165, 1.54) is 5.56 Å². The van der Waals surface area contributed by atoms with E-state index in [2.05, 4.69) is 22.8 Å². The zero-order valence-corrected chi connectivity index (χ0v) is 15.1. The molecule has 2 amide bonds. The molecule has 3 rings (SSSR count). The van der Waals surface area contributed by atoms with Gasteiger partial charge < -0.3 is 10.6 Å². The summed E-state index contributed by atoms with van der Waals surface area (Å²) < 4.78 is 0. The van der Waals surface area contributed by atoms with Crippen LogP contribution in [-0.2, 0) is 9.59 Å². The number of carbonyl (C=O) groups excluding carboxylic acids is 2. The lowest BCUT2D eigenvalue weighted by Crippen LogP contribution is -2.21. The Labute approximate surface area is 148 Å². The molecule has 1 fully saturated rings. The van der Waals surface area contributed by atoms with Crippen LogP contribution in [0.4, 0.5) is 11.4 Å². The molecular formula is C21H24N2O2. The van der Waals surface area contributed by atoms with Crippen LogP contribution in [0.1, 0.15) is 28.7 Å². The number of carbonyl (C=O) groups is 2. The van der Waals surface area contributed by atoms with Crippen molar-refractivity contribution >= 4 is 23.2 Å². The third kappa shape index (κ3) is 3.90. The van der Waals surface area contributed by atoms with Gasteiger partial charge in [-0.05, 0) is 62.9 Å². The second-order valence-electron chi connectivity index (χ2n) is 7.07. The SMILES string of the molecule is Cc1cccc(NC(=O)C2CC2C(=O)Nc2c(C)cc(C)cc2C)c1. The van der Waals surface area contributed by atoms with Gasteiger partial charge >= 0.3 is 0 Å². The predicted molar refractivity (Wildman–Crippen MR) is 101 cm³/mol. The van der Waals surface area contributed by atoms with Crippen LogP contribution in [0, 0.1) is 39.5 Å². The normalized spacial score (nSPS) is 18.6. The minimum absolute atomic E-state index is 0.0700. The first-order valence-electron chi connectivity index (χ1n) is 8.61. The van der Waals surface area contributed by atoms with Crippen LogP contribution < -0.4 is 10.6 Å². The van der Waals surface area contributed by atoms with Crippen molar-refractivity contribution in [2.24, 2.45) is 11.8 Å². The summed E-state index contributed by atoms with van der Waals surface area (Å²) >= 11 is 0. The second-order valence-corrected chi connectivity index (χ2v) is 7.07. The van der Waals surface area contributed by atoms with Gasteiger partial charge in [-0.25, -0.2) is 0 Å². The third-order valence-corrected chi connectivity index (χ3v) is 4.67. The van der Waals surface area contributed by atoms with Crippen LogP contribution in [0.25, 0.3) is 0 Å². The maximum absolute atomic E-state index is 12.5. The summed E-state index contributed by atoms with van der Waals surface area (Å²) in [5, 5.41) is 5.91. The molecule has 1 aliphatic rings. The van der Waals surface area contributed by atoms with E-state index in [0.717, 1.165) is 28.1 Å². The van der Waals surface area contributed by atoms with Crippen LogP contribution in [0.5, 0.6) is 0 Å². The number of aryl methyl sites for hydroxylation is 4. The number of amides is 2. The highest BCUT2D eigenvalue weighted by Crippen LogP contribution is 2.40. The van der Waals surface area contributed by atoms with Crippen molar-refractivity contribution in [1.82, 2.24) is 0 Å². The van der Waals surface area contributed by atoms with E-state index in [1.54, 1.807) is 0 Å². The van der Waals surface area contributed by atoms with Crippen molar-refractivity contribution < 1.29 is 9.59 Å². The quantitative estimate of drug-likeness (QED) is 0.882. The maximum Gasteiger partial charge on any atom is 0.228 e. The molecule has 2 atom stereocenters. The average Bonchev–Trinajstić information content (AvgIpc) is 3.31. The van der Waals surface area contributed by atoms with Gasteiger partial charge in [-0.3, -0.25) is 9.59 Å². The Morgan fingerprint density at radius 3 is 2.04 bits per heavy atom. The van der Waals surface area contributed by atoms with E-state index in [1.807, 2.05) is 52.0 Å². The average molecular weight is 336 g/mol. The summed E-state index contributed by atoms with van der Waals surface area (Å²) in [6.45, 7) is 8.00. The first-order valence-corrected chi connectivity index (χ1v) is 8.61. The molecule has 0 bridgehead atoms.